The van der Waals surface area contributed by atoms with Gasteiger partial charge in [-0.05, 0) is 19.8 Å². The molecular formula is C10H19F2NO2. The van der Waals surface area contributed by atoms with Crippen LogP contribution in [-0.2, 0) is 9.47 Å². The number of halogens is 2. The zero-order valence-corrected chi connectivity index (χ0v) is 9.29. The molecule has 1 heterocycles. The van der Waals surface area contributed by atoms with Gasteiger partial charge in [-0.1, -0.05) is 0 Å². The van der Waals surface area contributed by atoms with E-state index in [-0.39, 0.29) is 12.6 Å². The average Bonchev–Trinajstić information content (AvgIpc) is 2.26. The summed E-state index contributed by atoms with van der Waals surface area (Å²) < 4.78 is 33.2. The maximum absolute atomic E-state index is 11.8. The van der Waals surface area contributed by atoms with Crippen molar-refractivity contribution in [2.45, 2.75) is 38.5 Å². The van der Waals surface area contributed by atoms with Gasteiger partial charge in [0, 0.05) is 26.2 Å². The topological polar surface area (TPSA) is 21.7 Å². The third-order valence-electron chi connectivity index (χ3n) is 2.90. The molecule has 0 N–H and O–H groups in total. The summed E-state index contributed by atoms with van der Waals surface area (Å²) in [7, 11) is 1.71. The standard InChI is InChI=1S/C10H19F2NO2/c1-8(7-15-10(11)12)13-5-3-9(14-2)4-6-13/h8-10H,3-7H2,1-2H3. The van der Waals surface area contributed by atoms with Gasteiger partial charge in [0.2, 0.25) is 0 Å². The summed E-state index contributed by atoms with van der Waals surface area (Å²) >= 11 is 0. The highest BCUT2D eigenvalue weighted by Gasteiger charge is 2.22. The fraction of sp³-hybridized carbons (Fsp3) is 1.00. The van der Waals surface area contributed by atoms with Crippen molar-refractivity contribution in [3.63, 3.8) is 0 Å². The van der Waals surface area contributed by atoms with E-state index in [0.29, 0.717) is 6.10 Å². The van der Waals surface area contributed by atoms with Crippen molar-refractivity contribution < 1.29 is 18.3 Å². The number of likely N-dealkylation sites (tertiary alicyclic amines) is 1. The molecule has 0 aliphatic carbocycles. The monoisotopic (exact) mass is 223 g/mol. The Kier molecular flexibility index (Phi) is 5.42. The van der Waals surface area contributed by atoms with E-state index < -0.39 is 6.61 Å². The minimum Gasteiger partial charge on any atom is -0.381 e. The molecule has 0 aromatic heterocycles. The van der Waals surface area contributed by atoms with Crippen molar-refractivity contribution in [2.24, 2.45) is 0 Å². The molecule has 1 saturated heterocycles. The molecule has 0 amide bonds. The van der Waals surface area contributed by atoms with Crippen LogP contribution in [0.15, 0.2) is 0 Å². The molecular weight excluding hydrogens is 204 g/mol. The number of ether oxygens (including phenoxy) is 2. The molecule has 0 spiro atoms. The van der Waals surface area contributed by atoms with Crippen LogP contribution in [0, 0.1) is 0 Å². The maximum atomic E-state index is 11.8. The number of nitrogens with zero attached hydrogens (tertiary/aromatic N) is 1. The molecule has 0 radical (unpaired) electrons. The zero-order valence-electron chi connectivity index (χ0n) is 9.29. The minimum absolute atomic E-state index is 0.0526. The summed E-state index contributed by atoms with van der Waals surface area (Å²) in [6.07, 6.45) is 2.26. The molecule has 1 aliphatic rings. The second-order valence-electron chi connectivity index (χ2n) is 3.91. The quantitative estimate of drug-likeness (QED) is 0.708. The predicted molar refractivity (Wildman–Crippen MR) is 53.0 cm³/mol. The highest BCUT2D eigenvalue weighted by atomic mass is 19.3. The van der Waals surface area contributed by atoms with Crippen LogP contribution >= 0.6 is 0 Å². The van der Waals surface area contributed by atoms with E-state index in [4.69, 9.17) is 4.74 Å². The van der Waals surface area contributed by atoms with Gasteiger partial charge in [-0.25, -0.2) is 0 Å². The van der Waals surface area contributed by atoms with Gasteiger partial charge in [0.15, 0.2) is 0 Å². The van der Waals surface area contributed by atoms with E-state index in [1.54, 1.807) is 7.11 Å². The summed E-state index contributed by atoms with van der Waals surface area (Å²) in [5.74, 6) is 0. The molecule has 5 heteroatoms. The number of piperidine rings is 1. The number of hydrogen-bond donors (Lipinski definition) is 0. The van der Waals surface area contributed by atoms with Gasteiger partial charge < -0.3 is 9.47 Å². The van der Waals surface area contributed by atoms with Gasteiger partial charge in [-0.2, -0.15) is 8.78 Å². The molecule has 0 bridgehead atoms. The number of methoxy groups -OCH3 is 1. The Morgan fingerprint density at radius 3 is 2.40 bits per heavy atom. The van der Waals surface area contributed by atoms with Gasteiger partial charge in [0.1, 0.15) is 0 Å². The third kappa shape index (κ3) is 4.40. The first kappa shape index (κ1) is 12.8. The first-order valence-electron chi connectivity index (χ1n) is 5.30. The Hall–Kier alpha value is -0.260. The fourth-order valence-corrected chi connectivity index (χ4v) is 1.87. The van der Waals surface area contributed by atoms with Gasteiger partial charge in [-0.3, -0.25) is 4.90 Å². The molecule has 1 aliphatic heterocycles. The second kappa shape index (κ2) is 6.35. The van der Waals surface area contributed by atoms with Crippen molar-refractivity contribution in [1.82, 2.24) is 4.90 Å². The normalized spacial score (nSPS) is 22.2. The maximum Gasteiger partial charge on any atom is 0.345 e. The lowest BCUT2D eigenvalue weighted by Crippen LogP contribution is -2.44. The molecule has 3 nitrogen and oxygen atoms in total. The molecule has 0 aromatic carbocycles. The van der Waals surface area contributed by atoms with Crippen LogP contribution in [0.2, 0.25) is 0 Å². The molecule has 15 heavy (non-hydrogen) atoms. The van der Waals surface area contributed by atoms with Crippen LogP contribution < -0.4 is 0 Å². The zero-order chi connectivity index (χ0) is 11.3. The number of rotatable bonds is 5. The van der Waals surface area contributed by atoms with Crippen LogP contribution in [0.5, 0.6) is 0 Å². The average molecular weight is 223 g/mol. The molecule has 1 fully saturated rings. The van der Waals surface area contributed by atoms with Crippen LogP contribution in [0.3, 0.4) is 0 Å². The summed E-state index contributed by atoms with van der Waals surface area (Å²) in [5.41, 5.74) is 0. The van der Waals surface area contributed by atoms with Crippen LogP contribution in [0.4, 0.5) is 8.78 Å². The summed E-state index contributed by atoms with van der Waals surface area (Å²) in [6, 6.07) is 0.0526. The van der Waals surface area contributed by atoms with Crippen molar-refractivity contribution in [3.8, 4) is 0 Å². The summed E-state index contributed by atoms with van der Waals surface area (Å²) in [6.45, 7) is 1.13. The smallest absolute Gasteiger partial charge is 0.345 e. The summed E-state index contributed by atoms with van der Waals surface area (Å²) in [4.78, 5) is 2.16. The van der Waals surface area contributed by atoms with E-state index >= 15 is 0 Å². The van der Waals surface area contributed by atoms with Gasteiger partial charge >= 0.3 is 6.61 Å². The second-order valence-corrected chi connectivity index (χ2v) is 3.91. The van der Waals surface area contributed by atoms with Crippen molar-refractivity contribution in [2.75, 3.05) is 26.8 Å². The van der Waals surface area contributed by atoms with E-state index in [2.05, 4.69) is 9.64 Å². The fourth-order valence-electron chi connectivity index (χ4n) is 1.87. The molecule has 1 unspecified atom stereocenters. The SMILES string of the molecule is COC1CCN(C(C)COC(F)F)CC1. The Bertz CT molecular complexity index is 173. The molecule has 90 valence electrons. The van der Waals surface area contributed by atoms with Crippen LogP contribution in [0.1, 0.15) is 19.8 Å². The lowest BCUT2D eigenvalue weighted by Gasteiger charge is -2.35. The highest BCUT2D eigenvalue weighted by molar-refractivity contribution is 4.76. The largest absolute Gasteiger partial charge is 0.381 e. The lowest BCUT2D eigenvalue weighted by molar-refractivity contribution is -0.141. The van der Waals surface area contributed by atoms with Crippen molar-refractivity contribution in [1.29, 1.82) is 0 Å². The Labute approximate surface area is 89.3 Å². The lowest BCUT2D eigenvalue weighted by atomic mass is 10.1. The highest BCUT2D eigenvalue weighted by Crippen LogP contribution is 2.15. The van der Waals surface area contributed by atoms with E-state index in [0.717, 1.165) is 25.9 Å². The first-order valence-corrected chi connectivity index (χ1v) is 5.30. The number of alkyl halides is 2. The van der Waals surface area contributed by atoms with Gasteiger partial charge in [-0.15, -0.1) is 0 Å². The Morgan fingerprint density at radius 1 is 1.33 bits per heavy atom. The van der Waals surface area contributed by atoms with E-state index in [1.807, 2.05) is 6.92 Å². The Morgan fingerprint density at radius 2 is 1.93 bits per heavy atom. The Balaban J connectivity index is 2.20. The van der Waals surface area contributed by atoms with E-state index in [1.165, 1.54) is 0 Å². The van der Waals surface area contributed by atoms with Gasteiger partial charge in [0.05, 0.1) is 12.7 Å². The molecule has 0 aromatic rings. The third-order valence-corrected chi connectivity index (χ3v) is 2.90. The summed E-state index contributed by atoms with van der Waals surface area (Å²) in [5, 5.41) is 0. The van der Waals surface area contributed by atoms with Crippen molar-refractivity contribution >= 4 is 0 Å². The van der Waals surface area contributed by atoms with Crippen molar-refractivity contribution in [3.05, 3.63) is 0 Å². The van der Waals surface area contributed by atoms with Crippen LogP contribution in [-0.4, -0.2) is 50.5 Å². The van der Waals surface area contributed by atoms with Crippen LogP contribution in [0.25, 0.3) is 0 Å². The van der Waals surface area contributed by atoms with Gasteiger partial charge in [0.25, 0.3) is 0 Å². The molecule has 1 rings (SSSR count). The number of hydrogen-bond acceptors (Lipinski definition) is 3. The molecule has 0 saturated carbocycles. The molecule has 1 atom stereocenters. The first-order chi connectivity index (χ1) is 7.13. The predicted octanol–water partition coefficient (Wildman–Crippen LogP) is 1.72. The van der Waals surface area contributed by atoms with E-state index in [9.17, 15) is 8.78 Å². The minimum atomic E-state index is -2.66.